The molecule has 0 N–H and O–H groups in total. The molecule has 0 amide bonds. The summed E-state index contributed by atoms with van der Waals surface area (Å²) in [5, 5.41) is 11.6. The normalized spacial score (nSPS) is 13.8. The quantitative estimate of drug-likeness (QED) is 0.0200. The fraction of sp³-hybridized carbons (Fsp3) is 0.627. The average Bonchev–Trinajstić information content (AvgIpc) is 3.19. The lowest BCUT2D eigenvalue weighted by Crippen LogP contribution is -2.55. The van der Waals surface area contributed by atoms with Gasteiger partial charge in [-0.2, -0.15) is 0 Å². The Morgan fingerprint density at radius 3 is 1.59 bits per heavy atom. The van der Waals surface area contributed by atoms with Crippen molar-refractivity contribution >= 4 is 17.9 Å². The van der Waals surface area contributed by atoms with Crippen molar-refractivity contribution in [3.05, 3.63) is 97.2 Å². The first kappa shape index (κ1) is 55.2. The van der Waals surface area contributed by atoms with Gasteiger partial charge < -0.3 is 28.6 Å². The first-order valence-corrected chi connectivity index (χ1v) is 22.8. The highest BCUT2D eigenvalue weighted by Gasteiger charge is 2.25. The molecule has 2 unspecified atom stereocenters. The first-order valence-electron chi connectivity index (χ1n) is 22.8. The van der Waals surface area contributed by atoms with Gasteiger partial charge in [0.2, 0.25) is 0 Å². The van der Waals surface area contributed by atoms with Crippen molar-refractivity contribution < 1.29 is 38.2 Å². The summed E-state index contributed by atoms with van der Waals surface area (Å²) >= 11 is 0. The van der Waals surface area contributed by atoms with Crippen molar-refractivity contribution in [1.29, 1.82) is 0 Å². The van der Waals surface area contributed by atoms with Crippen molar-refractivity contribution in [3.63, 3.8) is 0 Å². The SMILES string of the molecule is CC/C=C/C=C/C=C/C=C/C=C/CCCC(=O)OC(COCCC(C(=O)[O-])[N+](C)(C)C)COC(=O)CCCCCCCCCCC/C=C/C/C=C/C/C=C/CCCCC. The van der Waals surface area contributed by atoms with Crippen LogP contribution in [0.2, 0.25) is 0 Å². The summed E-state index contributed by atoms with van der Waals surface area (Å²) in [6, 6.07) is -0.745. The molecule has 0 heterocycles. The Balaban J connectivity index is 4.36. The molecule has 0 saturated heterocycles. The number of ether oxygens (including phenoxy) is 3. The molecule has 2 atom stereocenters. The van der Waals surface area contributed by atoms with Gasteiger partial charge in [0, 0.05) is 19.3 Å². The number of unbranched alkanes of at least 4 members (excludes halogenated alkanes) is 13. The van der Waals surface area contributed by atoms with Gasteiger partial charge >= 0.3 is 11.9 Å². The van der Waals surface area contributed by atoms with Gasteiger partial charge in [-0.1, -0.05) is 169 Å². The smallest absolute Gasteiger partial charge is 0.306 e. The summed E-state index contributed by atoms with van der Waals surface area (Å²) in [6.07, 6.45) is 54.5. The largest absolute Gasteiger partial charge is 0.544 e. The van der Waals surface area contributed by atoms with Crippen molar-refractivity contribution in [2.24, 2.45) is 0 Å². The molecule has 0 aliphatic carbocycles. The number of carbonyl (C=O) groups excluding carboxylic acids is 3. The van der Waals surface area contributed by atoms with Crippen LogP contribution >= 0.6 is 0 Å². The van der Waals surface area contributed by atoms with Crippen LogP contribution in [0.5, 0.6) is 0 Å². The van der Waals surface area contributed by atoms with Crippen LogP contribution in [0, 0.1) is 0 Å². The second-order valence-corrected chi connectivity index (χ2v) is 16.0. The van der Waals surface area contributed by atoms with E-state index in [1.54, 1.807) is 21.1 Å². The highest BCUT2D eigenvalue weighted by molar-refractivity contribution is 5.70. The standard InChI is InChI=1S/C51H83NO7/c1-6-8-10-12-14-16-18-20-21-22-23-24-25-26-27-28-30-31-33-35-37-39-41-49(53)58-46-47(45-57-44-43-48(51(55)56)52(3,4)5)59-50(54)42-40-38-36-34-32-29-19-17-15-13-11-9-7-2/h9,11,13-17,19-21,23-24,29,32,34,36,47-48H,6-8,10,12,18,22,25-28,30-31,33,35,37-46H2,1-5H3/b11-9+,15-13+,16-14+,19-17+,21-20+,24-23+,32-29+,36-34+. The van der Waals surface area contributed by atoms with E-state index in [0.29, 0.717) is 19.3 Å². The summed E-state index contributed by atoms with van der Waals surface area (Å²) < 4.78 is 17.1. The van der Waals surface area contributed by atoms with Crippen LogP contribution in [-0.2, 0) is 28.6 Å². The summed E-state index contributed by atoms with van der Waals surface area (Å²) in [4.78, 5) is 36.8. The minimum absolute atomic E-state index is 0.00406. The number of aliphatic carboxylic acids is 1. The molecule has 8 nitrogen and oxygen atoms in total. The van der Waals surface area contributed by atoms with Gasteiger partial charge in [0.25, 0.3) is 0 Å². The van der Waals surface area contributed by atoms with E-state index in [9.17, 15) is 19.5 Å². The molecule has 0 spiro atoms. The van der Waals surface area contributed by atoms with Crippen molar-refractivity contribution in [1.82, 2.24) is 0 Å². The number of quaternary nitrogens is 1. The van der Waals surface area contributed by atoms with Gasteiger partial charge in [-0.15, -0.1) is 0 Å². The Labute approximate surface area is 360 Å². The maximum atomic E-state index is 12.7. The number of esters is 2. The maximum Gasteiger partial charge on any atom is 0.306 e. The molecule has 0 aliphatic rings. The molecule has 59 heavy (non-hydrogen) atoms. The van der Waals surface area contributed by atoms with E-state index in [4.69, 9.17) is 14.2 Å². The van der Waals surface area contributed by atoms with Crippen LogP contribution in [0.25, 0.3) is 0 Å². The summed E-state index contributed by atoms with van der Waals surface area (Å²) in [5.41, 5.74) is 0. The van der Waals surface area contributed by atoms with Gasteiger partial charge in [0.1, 0.15) is 12.6 Å². The lowest BCUT2D eigenvalue weighted by atomic mass is 10.1. The summed E-state index contributed by atoms with van der Waals surface area (Å²) in [5.74, 6) is -1.85. The van der Waals surface area contributed by atoms with Crippen molar-refractivity contribution in [2.45, 2.75) is 167 Å². The Bertz CT molecular complexity index is 1280. The Hall–Kier alpha value is -3.75. The molecule has 0 rings (SSSR count). The number of hydrogen-bond acceptors (Lipinski definition) is 7. The van der Waals surface area contributed by atoms with Gasteiger partial charge in [-0.3, -0.25) is 9.59 Å². The Kier molecular flexibility index (Phi) is 38.4. The predicted molar refractivity (Wildman–Crippen MR) is 245 cm³/mol. The second-order valence-electron chi connectivity index (χ2n) is 16.0. The van der Waals surface area contributed by atoms with Gasteiger partial charge in [0.05, 0.1) is 40.3 Å². The summed E-state index contributed by atoms with van der Waals surface area (Å²) in [6.45, 7) is 4.38. The van der Waals surface area contributed by atoms with E-state index < -0.39 is 24.1 Å². The molecule has 0 aromatic heterocycles. The summed E-state index contributed by atoms with van der Waals surface area (Å²) in [7, 11) is 5.37. The van der Waals surface area contributed by atoms with Crippen LogP contribution in [0.1, 0.15) is 155 Å². The number of carboxylic acid groups (broad SMARTS) is 1. The third-order valence-corrected chi connectivity index (χ3v) is 9.58. The van der Waals surface area contributed by atoms with Crippen LogP contribution in [0.4, 0.5) is 0 Å². The molecule has 334 valence electrons. The molecule has 0 aromatic carbocycles. The molecule has 0 aliphatic heterocycles. The fourth-order valence-electron chi connectivity index (χ4n) is 6.05. The lowest BCUT2D eigenvalue weighted by Gasteiger charge is -2.34. The fourth-order valence-corrected chi connectivity index (χ4v) is 6.05. The van der Waals surface area contributed by atoms with E-state index >= 15 is 0 Å². The monoisotopic (exact) mass is 822 g/mol. The minimum atomic E-state index is -1.14. The molecule has 0 radical (unpaired) electrons. The topological polar surface area (TPSA) is 102 Å². The average molecular weight is 822 g/mol. The molecule has 0 fully saturated rings. The third kappa shape index (κ3) is 39.5. The number of carboxylic acids is 1. The van der Waals surface area contributed by atoms with Crippen molar-refractivity contribution in [3.8, 4) is 0 Å². The lowest BCUT2D eigenvalue weighted by molar-refractivity contribution is -0.889. The van der Waals surface area contributed by atoms with Gasteiger partial charge in [0.15, 0.2) is 6.10 Å². The maximum absolute atomic E-state index is 12.7. The van der Waals surface area contributed by atoms with E-state index in [2.05, 4.69) is 56.4 Å². The van der Waals surface area contributed by atoms with E-state index in [0.717, 1.165) is 44.9 Å². The zero-order chi connectivity index (χ0) is 43.5. The number of allylic oxidation sites excluding steroid dienone is 16. The second kappa shape index (κ2) is 41.0. The van der Waals surface area contributed by atoms with Crippen LogP contribution in [0.15, 0.2) is 97.2 Å². The van der Waals surface area contributed by atoms with Crippen LogP contribution in [0.3, 0.4) is 0 Å². The van der Waals surface area contributed by atoms with Gasteiger partial charge in [-0.25, -0.2) is 0 Å². The molecule has 0 aromatic rings. The zero-order valence-corrected chi connectivity index (χ0v) is 37.9. The van der Waals surface area contributed by atoms with E-state index in [-0.39, 0.29) is 43.1 Å². The zero-order valence-electron chi connectivity index (χ0n) is 37.9. The molecular weight excluding hydrogens is 739 g/mol. The highest BCUT2D eigenvalue weighted by atomic mass is 16.6. The molecule has 8 heteroatoms. The van der Waals surface area contributed by atoms with Gasteiger partial charge in [-0.05, 0) is 64.2 Å². The third-order valence-electron chi connectivity index (χ3n) is 9.58. The Morgan fingerprint density at radius 1 is 0.542 bits per heavy atom. The van der Waals surface area contributed by atoms with E-state index in [1.165, 1.54) is 64.2 Å². The number of carbonyl (C=O) groups is 3. The number of hydrogen-bond donors (Lipinski definition) is 0. The minimum Gasteiger partial charge on any atom is -0.544 e. The number of rotatable bonds is 39. The Morgan fingerprint density at radius 2 is 1.03 bits per heavy atom. The van der Waals surface area contributed by atoms with E-state index in [1.807, 2.05) is 54.7 Å². The highest BCUT2D eigenvalue weighted by Crippen LogP contribution is 2.13. The predicted octanol–water partition coefficient (Wildman–Crippen LogP) is 11.4. The van der Waals surface area contributed by atoms with Crippen LogP contribution in [-0.4, -0.2) is 75.5 Å². The first-order chi connectivity index (χ1) is 28.6. The van der Waals surface area contributed by atoms with Crippen molar-refractivity contribution in [2.75, 3.05) is 41.0 Å². The number of nitrogens with zero attached hydrogens (tertiary/aromatic N) is 1. The molecule has 0 bridgehead atoms. The van der Waals surface area contributed by atoms with Crippen LogP contribution < -0.4 is 5.11 Å². The number of likely N-dealkylation sites (N-methyl/N-ethyl adjacent to an activating group) is 1. The molecular formula is C51H83NO7. The molecule has 0 saturated carbocycles.